The predicted octanol–water partition coefficient (Wildman–Crippen LogP) is 6.66. The van der Waals surface area contributed by atoms with Crippen LogP contribution in [0.25, 0.3) is 60.1 Å². The van der Waals surface area contributed by atoms with Gasteiger partial charge in [0.05, 0.1) is 39.0 Å². The second kappa shape index (κ2) is 6.31. The molecule has 33 heavy (non-hydrogen) atoms. The average Bonchev–Trinajstić information content (AvgIpc) is 3.20. The number of hydrogen-bond acceptors (Lipinski definition) is 1. The highest BCUT2D eigenvalue weighted by Gasteiger charge is 2.25. The Bertz CT molecular complexity index is 1940. The SMILES string of the molecule is Cc1cc(C#N)c2c3ccccc3n3c4cc(-c5ccccc5)cc5cc[n+](C)c(c1c23)c54. The summed E-state index contributed by atoms with van der Waals surface area (Å²) in [4.78, 5) is 0. The number of para-hydroxylation sites is 1. The summed E-state index contributed by atoms with van der Waals surface area (Å²) in [5.41, 5.74) is 8.91. The van der Waals surface area contributed by atoms with Gasteiger partial charge in [-0.1, -0.05) is 48.5 Å². The number of rotatable bonds is 1. The maximum Gasteiger partial charge on any atom is 0.224 e. The van der Waals surface area contributed by atoms with Crippen LogP contribution in [0.2, 0.25) is 0 Å². The second-order valence-corrected chi connectivity index (χ2v) is 8.90. The summed E-state index contributed by atoms with van der Waals surface area (Å²) in [5.74, 6) is 0. The van der Waals surface area contributed by atoms with Crippen molar-refractivity contribution in [1.29, 1.82) is 5.26 Å². The topological polar surface area (TPSA) is 32.1 Å². The van der Waals surface area contributed by atoms with E-state index in [1.807, 2.05) is 0 Å². The average molecular weight is 423 g/mol. The number of hydrogen-bond donors (Lipinski definition) is 0. The van der Waals surface area contributed by atoms with E-state index in [-0.39, 0.29) is 0 Å². The van der Waals surface area contributed by atoms with Crippen LogP contribution in [0.1, 0.15) is 11.1 Å². The number of nitriles is 1. The first-order valence-electron chi connectivity index (χ1n) is 11.2. The minimum atomic E-state index is 0.735. The molecule has 0 saturated carbocycles. The fourth-order valence-electron chi connectivity index (χ4n) is 5.69. The lowest BCUT2D eigenvalue weighted by Gasteiger charge is -2.15. The van der Waals surface area contributed by atoms with Crippen LogP contribution < -0.4 is 4.57 Å². The molecule has 0 atom stereocenters. The van der Waals surface area contributed by atoms with Crippen LogP contribution >= 0.6 is 0 Å². The van der Waals surface area contributed by atoms with Gasteiger partial charge in [-0.2, -0.15) is 5.26 Å². The largest absolute Gasteiger partial charge is 0.307 e. The third-order valence-corrected chi connectivity index (χ3v) is 7.06. The summed E-state index contributed by atoms with van der Waals surface area (Å²) in [5, 5.41) is 15.9. The highest BCUT2D eigenvalue weighted by molar-refractivity contribution is 6.27. The zero-order valence-electron chi connectivity index (χ0n) is 18.4. The van der Waals surface area contributed by atoms with Crippen LogP contribution in [0, 0.1) is 18.3 Å². The Hall–Kier alpha value is -4.42. The fraction of sp³-hybridized carbons (Fsp3) is 0.0667. The van der Waals surface area contributed by atoms with Crippen molar-refractivity contribution in [2.24, 2.45) is 7.05 Å². The monoisotopic (exact) mass is 422 g/mol. The number of pyridine rings is 2. The van der Waals surface area contributed by atoms with Gasteiger partial charge in [-0.15, -0.1) is 0 Å². The molecule has 3 heteroatoms. The zero-order valence-corrected chi connectivity index (χ0v) is 18.4. The van der Waals surface area contributed by atoms with Crippen LogP contribution in [0.15, 0.2) is 85.1 Å². The number of aromatic nitrogens is 2. The quantitative estimate of drug-likeness (QED) is 0.165. The molecule has 0 aliphatic rings. The zero-order chi connectivity index (χ0) is 22.3. The summed E-state index contributed by atoms with van der Waals surface area (Å²) in [6, 6.07) is 30.4. The van der Waals surface area contributed by atoms with E-state index < -0.39 is 0 Å². The molecule has 0 radical (unpaired) electrons. The molecule has 0 saturated heterocycles. The van der Waals surface area contributed by atoms with Crippen LogP contribution in [-0.2, 0) is 7.05 Å². The standard InChI is InChI=1S/C30H20N3/c1-18-14-22(17-31)27-23-10-6-7-11-24(23)33-25-16-21(19-8-4-3-5-9-19)15-20-12-13-32(2)29(28(20)25)26(18)30(27)33/h3-16H,1-2H3/q+1. The number of fused-ring (bicyclic) bond motifs is 5. The smallest absolute Gasteiger partial charge is 0.224 e. The van der Waals surface area contributed by atoms with E-state index >= 15 is 0 Å². The summed E-state index contributed by atoms with van der Waals surface area (Å²) in [6.45, 7) is 2.12. The molecular weight excluding hydrogens is 402 g/mol. The van der Waals surface area contributed by atoms with Crippen molar-refractivity contribution in [2.45, 2.75) is 6.92 Å². The molecule has 7 aromatic rings. The van der Waals surface area contributed by atoms with E-state index in [4.69, 9.17) is 0 Å². The van der Waals surface area contributed by atoms with Gasteiger partial charge in [0.1, 0.15) is 7.05 Å². The minimum Gasteiger partial charge on any atom is -0.307 e. The lowest BCUT2D eigenvalue weighted by atomic mass is 9.95. The molecule has 3 aromatic heterocycles. The van der Waals surface area contributed by atoms with Crippen molar-refractivity contribution < 1.29 is 4.57 Å². The van der Waals surface area contributed by atoms with Gasteiger partial charge in [-0.25, -0.2) is 4.57 Å². The van der Waals surface area contributed by atoms with Crippen molar-refractivity contribution >= 4 is 49.0 Å². The molecule has 3 heterocycles. The highest BCUT2D eigenvalue weighted by Crippen LogP contribution is 2.43. The van der Waals surface area contributed by atoms with E-state index in [0.29, 0.717) is 0 Å². The Kier molecular flexibility index (Phi) is 3.47. The molecule has 7 rings (SSSR count). The van der Waals surface area contributed by atoms with Gasteiger partial charge in [0, 0.05) is 16.8 Å². The van der Waals surface area contributed by atoms with Crippen LogP contribution in [0.3, 0.4) is 0 Å². The first kappa shape index (κ1) is 18.2. The third kappa shape index (κ3) is 2.25. The van der Waals surface area contributed by atoms with Crippen molar-refractivity contribution in [3.8, 4) is 17.2 Å². The Morgan fingerprint density at radius 3 is 2.39 bits per heavy atom. The number of aryl methyl sites for hydroxylation is 2. The van der Waals surface area contributed by atoms with Crippen molar-refractivity contribution in [3.63, 3.8) is 0 Å². The number of nitrogens with zero attached hydrogens (tertiary/aromatic N) is 3. The summed E-state index contributed by atoms with van der Waals surface area (Å²) >= 11 is 0. The Morgan fingerprint density at radius 2 is 1.58 bits per heavy atom. The van der Waals surface area contributed by atoms with Gasteiger partial charge in [-0.3, -0.25) is 0 Å². The van der Waals surface area contributed by atoms with Gasteiger partial charge in [0.15, 0.2) is 6.20 Å². The summed E-state index contributed by atoms with van der Waals surface area (Å²) in [6.07, 6.45) is 2.15. The van der Waals surface area contributed by atoms with Crippen molar-refractivity contribution in [1.82, 2.24) is 4.40 Å². The molecule has 0 bridgehead atoms. The number of benzene rings is 4. The first-order chi connectivity index (χ1) is 16.2. The molecule has 0 fully saturated rings. The van der Waals surface area contributed by atoms with Gasteiger partial charge < -0.3 is 4.40 Å². The van der Waals surface area contributed by atoms with E-state index in [1.54, 1.807) is 0 Å². The Labute approximate surface area is 190 Å². The van der Waals surface area contributed by atoms with Gasteiger partial charge in [0.25, 0.3) is 0 Å². The third-order valence-electron chi connectivity index (χ3n) is 7.06. The molecular formula is C30H20N3+. The molecule has 0 spiro atoms. The van der Waals surface area contributed by atoms with E-state index in [1.165, 1.54) is 38.3 Å². The highest BCUT2D eigenvalue weighted by atomic mass is 15.0. The Morgan fingerprint density at radius 1 is 0.788 bits per heavy atom. The van der Waals surface area contributed by atoms with E-state index in [0.717, 1.165) is 32.9 Å². The van der Waals surface area contributed by atoms with Gasteiger partial charge in [0.2, 0.25) is 5.52 Å². The van der Waals surface area contributed by atoms with Crippen LogP contribution in [-0.4, -0.2) is 4.40 Å². The van der Waals surface area contributed by atoms with Crippen molar-refractivity contribution in [3.05, 3.63) is 96.2 Å². The molecule has 0 unspecified atom stereocenters. The lowest BCUT2D eigenvalue weighted by Crippen LogP contribution is -2.29. The van der Waals surface area contributed by atoms with E-state index in [2.05, 4.69) is 114 Å². The molecule has 0 aliphatic carbocycles. The van der Waals surface area contributed by atoms with Gasteiger partial charge in [-0.05, 0) is 53.3 Å². The Balaban J connectivity index is 1.88. The molecule has 3 nitrogen and oxygen atoms in total. The molecule has 4 aromatic carbocycles. The maximum absolute atomic E-state index is 10.0. The van der Waals surface area contributed by atoms with Crippen molar-refractivity contribution in [2.75, 3.05) is 0 Å². The molecule has 154 valence electrons. The fourth-order valence-corrected chi connectivity index (χ4v) is 5.69. The normalized spacial score (nSPS) is 11.9. The summed E-state index contributed by atoms with van der Waals surface area (Å²) < 4.78 is 4.61. The maximum atomic E-state index is 10.0. The van der Waals surface area contributed by atoms with Gasteiger partial charge >= 0.3 is 0 Å². The van der Waals surface area contributed by atoms with Crippen LogP contribution in [0.4, 0.5) is 0 Å². The molecule has 0 amide bonds. The summed E-state index contributed by atoms with van der Waals surface area (Å²) in [7, 11) is 2.12. The lowest BCUT2D eigenvalue weighted by molar-refractivity contribution is -0.643. The van der Waals surface area contributed by atoms with E-state index in [9.17, 15) is 5.26 Å². The molecule has 0 N–H and O–H groups in total. The first-order valence-corrected chi connectivity index (χ1v) is 11.2. The van der Waals surface area contributed by atoms with Crippen LogP contribution in [0.5, 0.6) is 0 Å². The predicted molar refractivity (Wildman–Crippen MR) is 135 cm³/mol. The second-order valence-electron chi connectivity index (χ2n) is 8.90. The minimum absolute atomic E-state index is 0.735. The molecule has 0 aliphatic heterocycles.